The van der Waals surface area contributed by atoms with Crippen molar-refractivity contribution in [2.75, 3.05) is 26.3 Å². The van der Waals surface area contributed by atoms with E-state index in [-0.39, 0.29) is 11.2 Å². The highest BCUT2D eigenvalue weighted by atomic mass is 32.2. The van der Waals surface area contributed by atoms with Gasteiger partial charge in [-0.25, -0.2) is 4.98 Å². The SMILES string of the molecule is Cc1nc(SCc2cccc([N+](=O)[O-])c2)[nH]c(=O)c1CN1CCOCC1. The van der Waals surface area contributed by atoms with Crippen LogP contribution in [0.25, 0.3) is 0 Å². The minimum absolute atomic E-state index is 0.0570. The maximum atomic E-state index is 12.4. The van der Waals surface area contributed by atoms with Gasteiger partial charge in [-0.3, -0.25) is 19.8 Å². The first kappa shape index (κ1) is 18.6. The van der Waals surface area contributed by atoms with Gasteiger partial charge in [0.05, 0.1) is 29.4 Å². The zero-order valence-electron chi connectivity index (χ0n) is 14.4. The molecule has 26 heavy (non-hydrogen) atoms. The number of nitro groups is 1. The molecule has 2 heterocycles. The molecule has 1 aliphatic rings. The molecule has 0 atom stereocenters. The third-order valence-electron chi connectivity index (χ3n) is 4.18. The van der Waals surface area contributed by atoms with Crippen LogP contribution in [0.2, 0.25) is 0 Å². The Morgan fingerprint density at radius 3 is 2.85 bits per heavy atom. The van der Waals surface area contributed by atoms with Crippen molar-refractivity contribution in [3.63, 3.8) is 0 Å². The van der Waals surface area contributed by atoms with Gasteiger partial charge < -0.3 is 9.72 Å². The van der Waals surface area contributed by atoms with Gasteiger partial charge in [0.25, 0.3) is 11.2 Å². The Bertz CT molecular complexity index is 849. The quantitative estimate of drug-likeness (QED) is 0.356. The van der Waals surface area contributed by atoms with Crippen molar-refractivity contribution in [2.24, 2.45) is 0 Å². The Hall–Kier alpha value is -2.23. The molecular weight excluding hydrogens is 356 g/mol. The molecule has 3 rings (SSSR count). The van der Waals surface area contributed by atoms with E-state index in [4.69, 9.17) is 4.74 Å². The molecule has 8 nitrogen and oxygen atoms in total. The van der Waals surface area contributed by atoms with E-state index >= 15 is 0 Å². The van der Waals surface area contributed by atoms with Crippen molar-refractivity contribution in [2.45, 2.75) is 24.4 Å². The lowest BCUT2D eigenvalue weighted by Crippen LogP contribution is -2.37. The molecule has 0 radical (unpaired) electrons. The van der Waals surface area contributed by atoms with Crippen LogP contribution in [0.5, 0.6) is 0 Å². The van der Waals surface area contributed by atoms with Crippen LogP contribution in [0.4, 0.5) is 5.69 Å². The second-order valence-electron chi connectivity index (χ2n) is 6.04. The van der Waals surface area contributed by atoms with Crippen LogP contribution in [0.3, 0.4) is 0 Å². The van der Waals surface area contributed by atoms with Crippen molar-refractivity contribution in [3.8, 4) is 0 Å². The lowest BCUT2D eigenvalue weighted by Gasteiger charge is -2.26. The summed E-state index contributed by atoms with van der Waals surface area (Å²) >= 11 is 1.35. The highest BCUT2D eigenvalue weighted by molar-refractivity contribution is 7.98. The summed E-state index contributed by atoms with van der Waals surface area (Å²) in [5.74, 6) is 0.493. The number of aromatic amines is 1. The zero-order chi connectivity index (χ0) is 18.5. The standard InChI is InChI=1S/C17H20N4O4S/c1-12-15(10-20-5-7-25-8-6-20)16(22)19-17(18-12)26-11-13-3-2-4-14(9-13)21(23)24/h2-4,9H,5-8,10-11H2,1H3,(H,18,19,22). The second-order valence-corrected chi connectivity index (χ2v) is 7.00. The van der Waals surface area contributed by atoms with E-state index in [0.717, 1.165) is 18.7 Å². The van der Waals surface area contributed by atoms with Crippen LogP contribution in [-0.4, -0.2) is 46.1 Å². The fourth-order valence-electron chi connectivity index (χ4n) is 2.73. The number of aromatic nitrogens is 2. The predicted molar refractivity (Wildman–Crippen MR) is 98.3 cm³/mol. The number of nitro benzene ring substituents is 1. The number of H-pyrrole nitrogens is 1. The molecule has 0 unspecified atom stereocenters. The number of hydrogen-bond donors (Lipinski definition) is 1. The molecule has 0 saturated carbocycles. The number of rotatable bonds is 6. The molecule has 1 aliphatic heterocycles. The van der Waals surface area contributed by atoms with Crippen molar-refractivity contribution in [1.82, 2.24) is 14.9 Å². The third kappa shape index (κ3) is 4.69. The summed E-state index contributed by atoms with van der Waals surface area (Å²) in [4.78, 5) is 32.3. The van der Waals surface area contributed by atoms with Crippen LogP contribution in [0.1, 0.15) is 16.8 Å². The smallest absolute Gasteiger partial charge is 0.269 e. The molecule has 0 amide bonds. The second kappa shape index (κ2) is 8.43. The molecule has 1 fully saturated rings. The first-order valence-electron chi connectivity index (χ1n) is 8.29. The molecule has 1 aromatic heterocycles. The highest BCUT2D eigenvalue weighted by Crippen LogP contribution is 2.22. The van der Waals surface area contributed by atoms with Gasteiger partial charge in [-0.2, -0.15) is 0 Å². The van der Waals surface area contributed by atoms with Crippen LogP contribution in [0.15, 0.2) is 34.2 Å². The topological polar surface area (TPSA) is 101 Å². The number of hydrogen-bond acceptors (Lipinski definition) is 7. The van der Waals surface area contributed by atoms with E-state index in [0.29, 0.717) is 41.9 Å². The van der Waals surface area contributed by atoms with Crippen molar-refractivity contribution in [1.29, 1.82) is 0 Å². The lowest BCUT2D eigenvalue weighted by molar-refractivity contribution is -0.384. The summed E-state index contributed by atoms with van der Waals surface area (Å²) in [6.45, 7) is 5.38. The molecule has 9 heteroatoms. The zero-order valence-corrected chi connectivity index (χ0v) is 15.3. The monoisotopic (exact) mass is 376 g/mol. The van der Waals surface area contributed by atoms with E-state index in [1.54, 1.807) is 6.07 Å². The van der Waals surface area contributed by atoms with Gasteiger partial charge in [-0.1, -0.05) is 23.9 Å². The minimum atomic E-state index is -0.418. The summed E-state index contributed by atoms with van der Waals surface area (Å²) in [5, 5.41) is 11.4. The fourth-order valence-corrected chi connectivity index (χ4v) is 3.58. The molecule has 2 aromatic rings. The molecule has 138 valence electrons. The van der Waals surface area contributed by atoms with Crippen LogP contribution in [-0.2, 0) is 17.0 Å². The van der Waals surface area contributed by atoms with Gasteiger partial charge in [0, 0.05) is 37.5 Å². The van der Waals surface area contributed by atoms with Crippen molar-refractivity contribution in [3.05, 3.63) is 61.6 Å². The Kier molecular flexibility index (Phi) is 6.02. The van der Waals surface area contributed by atoms with Gasteiger partial charge in [0.15, 0.2) is 5.16 Å². The fraction of sp³-hybridized carbons (Fsp3) is 0.412. The Morgan fingerprint density at radius 2 is 2.15 bits per heavy atom. The maximum Gasteiger partial charge on any atom is 0.269 e. The average molecular weight is 376 g/mol. The summed E-state index contributed by atoms with van der Waals surface area (Å²) in [6, 6.07) is 6.46. The molecule has 0 bridgehead atoms. The first-order chi connectivity index (χ1) is 12.5. The Morgan fingerprint density at radius 1 is 1.38 bits per heavy atom. The average Bonchev–Trinajstić information content (AvgIpc) is 2.64. The summed E-state index contributed by atoms with van der Waals surface area (Å²) in [7, 11) is 0. The van der Waals surface area contributed by atoms with Crippen molar-refractivity contribution >= 4 is 17.4 Å². The highest BCUT2D eigenvalue weighted by Gasteiger charge is 2.16. The number of nitrogens with one attached hydrogen (secondary N) is 1. The summed E-state index contributed by atoms with van der Waals surface area (Å²) < 4.78 is 5.33. The van der Waals surface area contributed by atoms with E-state index < -0.39 is 4.92 Å². The number of non-ortho nitro benzene ring substituents is 1. The van der Waals surface area contributed by atoms with Gasteiger partial charge in [0.2, 0.25) is 0 Å². The lowest BCUT2D eigenvalue weighted by atomic mass is 10.2. The molecule has 0 aliphatic carbocycles. The van der Waals surface area contributed by atoms with E-state index in [9.17, 15) is 14.9 Å². The van der Waals surface area contributed by atoms with Crippen LogP contribution >= 0.6 is 11.8 Å². The Labute approximate surface area is 154 Å². The number of aryl methyl sites for hydroxylation is 1. The number of benzene rings is 1. The normalized spacial score (nSPS) is 15.1. The van der Waals surface area contributed by atoms with Crippen molar-refractivity contribution < 1.29 is 9.66 Å². The minimum Gasteiger partial charge on any atom is -0.379 e. The maximum absolute atomic E-state index is 12.4. The van der Waals surface area contributed by atoms with Gasteiger partial charge in [0.1, 0.15) is 0 Å². The number of thioether (sulfide) groups is 1. The van der Waals surface area contributed by atoms with Gasteiger partial charge in [-0.05, 0) is 12.5 Å². The van der Waals surface area contributed by atoms with Crippen LogP contribution < -0.4 is 5.56 Å². The molecule has 0 spiro atoms. The predicted octanol–water partition coefficient (Wildman–Crippen LogP) is 2.11. The number of ether oxygens (including phenoxy) is 1. The number of morpholine rings is 1. The first-order valence-corrected chi connectivity index (χ1v) is 9.27. The van der Waals surface area contributed by atoms with E-state index in [1.165, 1.54) is 23.9 Å². The van der Waals surface area contributed by atoms with Crippen LogP contribution in [0, 0.1) is 17.0 Å². The molecule has 1 N–H and O–H groups in total. The molecule has 1 saturated heterocycles. The largest absolute Gasteiger partial charge is 0.379 e. The van der Waals surface area contributed by atoms with Gasteiger partial charge in [-0.15, -0.1) is 0 Å². The third-order valence-corrected chi connectivity index (χ3v) is 5.13. The molecular formula is C17H20N4O4S. The van der Waals surface area contributed by atoms with E-state index in [2.05, 4.69) is 14.9 Å². The van der Waals surface area contributed by atoms with Gasteiger partial charge >= 0.3 is 0 Å². The molecule has 1 aromatic carbocycles. The Balaban J connectivity index is 1.68. The summed E-state index contributed by atoms with van der Waals surface area (Å²) in [6.07, 6.45) is 0. The summed E-state index contributed by atoms with van der Waals surface area (Å²) in [5.41, 5.74) is 2.11. The number of nitrogens with zero attached hydrogens (tertiary/aromatic N) is 3. The van der Waals surface area contributed by atoms with E-state index in [1.807, 2.05) is 13.0 Å².